The second kappa shape index (κ2) is 7.18. The zero-order valence-corrected chi connectivity index (χ0v) is 13.5. The highest BCUT2D eigenvalue weighted by Crippen LogP contribution is 2.30. The van der Waals surface area contributed by atoms with Gasteiger partial charge in [0.25, 0.3) is 0 Å². The Labute approximate surface area is 130 Å². The van der Waals surface area contributed by atoms with Gasteiger partial charge in [0.2, 0.25) is 0 Å². The molecule has 5 heteroatoms. The topological polar surface area (TPSA) is 49.8 Å². The first-order valence-corrected chi connectivity index (χ1v) is 8.28. The van der Waals surface area contributed by atoms with Crippen molar-refractivity contribution >= 4 is 17.7 Å². The number of aromatic carboxylic acids is 1. The first kappa shape index (κ1) is 16.2. The van der Waals surface area contributed by atoms with Crippen LogP contribution in [0, 0.1) is 0 Å². The summed E-state index contributed by atoms with van der Waals surface area (Å²) in [6, 6.07) is 6.80. The molecule has 0 aromatic heterocycles. The maximum absolute atomic E-state index is 11.1. The van der Waals surface area contributed by atoms with Crippen molar-refractivity contribution in [1.29, 1.82) is 0 Å². The summed E-state index contributed by atoms with van der Waals surface area (Å²) in [5.41, 5.74) is 0.227. The van der Waals surface area contributed by atoms with Gasteiger partial charge >= 0.3 is 5.97 Å². The lowest BCUT2D eigenvalue weighted by molar-refractivity contribution is 0.0691. The first-order valence-electron chi connectivity index (χ1n) is 7.29. The second-order valence-corrected chi connectivity index (χ2v) is 7.65. The van der Waals surface area contributed by atoms with Gasteiger partial charge in [-0.2, -0.15) is 11.8 Å². The van der Waals surface area contributed by atoms with Crippen LogP contribution in [-0.4, -0.2) is 52.7 Å². The number of hydrogen-bond acceptors (Lipinski definition) is 4. The van der Waals surface area contributed by atoms with Crippen LogP contribution >= 0.6 is 11.8 Å². The molecule has 1 saturated heterocycles. The molecule has 1 aliphatic rings. The van der Waals surface area contributed by atoms with Gasteiger partial charge in [-0.1, -0.05) is 26.0 Å². The molecule has 1 N–H and O–H groups in total. The summed E-state index contributed by atoms with van der Waals surface area (Å²) in [6.45, 7) is 8.09. The van der Waals surface area contributed by atoms with Crippen molar-refractivity contribution in [2.24, 2.45) is 0 Å². The van der Waals surface area contributed by atoms with E-state index in [4.69, 9.17) is 9.84 Å². The van der Waals surface area contributed by atoms with Gasteiger partial charge in [-0.25, -0.2) is 4.79 Å². The molecule has 0 unspecified atom stereocenters. The van der Waals surface area contributed by atoms with Crippen molar-refractivity contribution in [2.45, 2.75) is 25.0 Å². The van der Waals surface area contributed by atoms with Crippen molar-refractivity contribution in [2.75, 3.05) is 32.0 Å². The lowest BCUT2D eigenvalue weighted by atomic mass is 10.1. The maximum atomic E-state index is 11.1. The van der Waals surface area contributed by atoms with Crippen LogP contribution in [0.25, 0.3) is 0 Å². The number of thioether (sulfide) groups is 1. The third kappa shape index (κ3) is 4.93. The number of carbonyl (C=O) groups is 1. The molecule has 0 atom stereocenters. The molecule has 21 heavy (non-hydrogen) atoms. The Morgan fingerprint density at radius 2 is 2.14 bits per heavy atom. The van der Waals surface area contributed by atoms with Gasteiger partial charge in [0.1, 0.15) is 17.9 Å². The molecule has 0 saturated carbocycles. The predicted octanol–water partition coefficient (Wildman–Crippen LogP) is 2.98. The summed E-state index contributed by atoms with van der Waals surface area (Å²) < 4.78 is 6.02. The van der Waals surface area contributed by atoms with Crippen molar-refractivity contribution in [3.8, 4) is 5.75 Å². The summed E-state index contributed by atoms with van der Waals surface area (Å²) in [5.74, 6) is 0.645. The van der Waals surface area contributed by atoms with Crippen molar-refractivity contribution in [3.63, 3.8) is 0 Å². The Kier molecular flexibility index (Phi) is 5.53. The smallest absolute Gasteiger partial charge is 0.339 e. The van der Waals surface area contributed by atoms with Gasteiger partial charge in [0, 0.05) is 23.6 Å². The molecule has 1 aliphatic heterocycles. The van der Waals surface area contributed by atoms with Crippen LogP contribution in [0.15, 0.2) is 24.3 Å². The van der Waals surface area contributed by atoms with E-state index in [1.54, 1.807) is 24.3 Å². The Bertz CT molecular complexity index is 490. The zero-order valence-electron chi connectivity index (χ0n) is 12.7. The maximum Gasteiger partial charge on any atom is 0.339 e. The third-order valence-electron chi connectivity index (χ3n) is 3.71. The van der Waals surface area contributed by atoms with Gasteiger partial charge in [0.15, 0.2) is 0 Å². The van der Waals surface area contributed by atoms with E-state index in [1.165, 1.54) is 6.42 Å². The molecule has 4 nitrogen and oxygen atoms in total. The average molecular weight is 309 g/mol. The minimum absolute atomic E-state index is 0.227. The van der Waals surface area contributed by atoms with Crippen molar-refractivity contribution in [3.05, 3.63) is 29.8 Å². The van der Waals surface area contributed by atoms with E-state index >= 15 is 0 Å². The van der Waals surface area contributed by atoms with Gasteiger partial charge < -0.3 is 9.84 Å². The first-order chi connectivity index (χ1) is 9.98. The fourth-order valence-corrected chi connectivity index (χ4v) is 3.48. The average Bonchev–Trinajstić information content (AvgIpc) is 2.60. The third-order valence-corrected chi connectivity index (χ3v) is 5.09. The molecule has 0 bridgehead atoms. The molecular weight excluding hydrogens is 286 g/mol. The van der Waals surface area contributed by atoms with E-state index in [9.17, 15) is 4.79 Å². The summed E-state index contributed by atoms with van der Waals surface area (Å²) in [5, 5.41) is 9.12. The lowest BCUT2D eigenvalue weighted by Crippen LogP contribution is -2.31. The van der Waals surface area contributed by atoms with Crippen molar-refractivity contribution in [1.82, 2.24) is 4.90 Å². The number of carboxylic acid groups (broad SMARTS) is 1. The quantitative estimate of drug-likeness (QED) is 0.906. The number of para-hydroxylation sites is 1. The van der Waals surface area contributed by atoms with Crippen LogP contribution in [0.1, 0.15) is 30.6 Å². The molecule has 1 heterocycles. The summed E-state index contributed by atoms with van der Waals surface area (Å²) in [4.78, 5) is 13.5. The van der Waals surface area contributed by atoms with Gasteiger partial charge in [0.05, 0.1) is 0 Å². The Hall–Kier alpha value is -1.20. The molecule has 0 amide bonds. The number of benzene rings is 1. The SMILES string of the molecule is CC1(C)CCN(CCOc2ccccc2C(=O)O)CCS1. The van der Waals surface area contributed by atoms with Gasteiger partial charge in [-0.15, -0.1) is 0 Å². The van der Waals surface area contributed by atoms with Crippen LogP contribution in [0.3, 0.4) is 0 Å². The molecule has 0 radical (unpaired) electrons. The minimum atomic E-state index is -0.946. The standard InChI is InChI=1S/C16H23NO3S/c1-16(2)7-8-17(10-12-21-16)9-11-20-14-6-4-3-5-13(14)15(18)19/h3-6H,7-12H2,1-2H3,(H,18,19). The van der Waals surface area contributed by atoms with Crippen LogP contribution in [0.4, 0.5) is 0 Å². The van der Waals surface area contributed by atoms with Crippen LogP contribution in [-0.2, 0) is 0 Å². The van der Waals surface area contributed by atoms with E-state index in [-0.39, 0.29) is 5.56 Å². The predicted molar refractivity (Wildman–Crippen MR) is 86.5 cm³/mol. The monoisotopic (exact) mass is 309 g/mol. The highest BCUT2D eigenvalue weighted by molar-refractivity contribution is 8.00. The molecule has 0 aliphatic carbocycles. The van der Waals surface area contributed by atoms with E-state index < -0.39 is 5.97 Å². The largest absolute Gasteiger partial charge is 0.491 e. The number of hydrogen-bond donors (Lipinski definition) is 1. The molecule has 0 spiro atoms. The van der Waals surface area contributed by atoms with E-state index in [1.807, 2.05) is 11.8 Å². The molecule has 2 rings (SSSR count). The van der Waals surface area contributed by atoms with Crippen LogP contribution < -0.4 is 4.74 Å². The number of ether oxygens (including phenoxy) is 1. The summed E-state index contributed by atoms with van der Waals surface area (Å²) >= 11 is 2.02. The number of carboxylic acids is 1. The zero-order chi connectivity index (χ0) is 15.3. The minimum Gasteiger partial charge on any atom is -0.491 e. The molecule has 116 valence electrons. The summed E-state index contributed by atoms with van der Waals surface area (Å²) in [6.07, 6.45) is 1.17. The fraction of sp³-hybridized carbons (Fsp3) is 0.562. The van der Waals surface area contributed by atoms with Crippen LogP contribution in [0.5, 0.6) is 5.75 Å². The number of rotatable bonds is 5. The lowest BCUT2D eigenvalue weighted by Gasteiger charge is -2.22. The second-order valence-electron chi connectivity index (χ2n) is 5.85. The summed E-state index contributed by atoms with van der Waals surface area (Å²) in [7, 11) is 0. The Morgan fingerprint density at radius 1 is 1.38 bits per heavy atom. The normalized spacial score (nSPS) is 19.0. The Morgan fingerprint density at radius 3 is 2.90 bits per heavy atom. The van der Waals surface area contributed by atoms with Crippen LogP contribution in [0.2, 0.25) is 0 Å². The van der Waals surface area contributed by atoms with E-state index in [0.29, 0.717) is 17.1 Å². The Balaban J connectivity index is 1.83. The highest BCUT2D eigenvalue weighted by atomic mass is 32.2. The van der Waals surface area contributed by atoms with Gasteiger partial charge in [-0.05, 0) is 25.1 Å². The van der Waals surface area contributed by atoms with E-state index in [0.717, 1.165) is 25.4 Å². The molecular formula is C16H23NO3S. The van der Waals surface area contributed by atoms with E-state index in [2.05, 4.69) is 18.7 Å². The van der Waals surface area contributed by atoms with Gasteiger partial charge in [-0.3, -0.25) is 4.90 Å². The molecule has 1 fully saturated rings. The number of nitrogens with zero attached hydrogens (tertiary/aromatic N) is 1. The molecule has 1 aromatic rings. The fourth-order valence-electron chi connectivity index (χ4n) is 2.34. The van der Waals surface area contributed by atoms with Crippen molar-refractivity contribution < 1.29 is 14.6 Å². The molecule has 1 aromatic carbocycles. The highest BCUT2D eigenvalue weighted by Gasteiger charge is 2.23.